The molecule has 10 nitrogen and oxygen atoms in total. The van der Waals surface area contributed by atoms with Crippen molar-refractivity contribution in [1.29, 1.82) is 0 Å². The monoisotopic (exact) mass is 446 g/mol. The molecule has 0 aromatic heterocycles. The smallest absolute Gasteiger partial charge is 0.410 e. The Labute approximate surface area is 185 Å². The lowest BCUT2D eigenvalue weighted by molar-refractivity contribution is -0.141. The van der Waals surface area contributed by atoms with E-state index in [0.717, 1.165) is 0 Å². The fourth-order valence-electron chi connectivity index (χ4n) is 2.35. The van der Waals surface area contributed by atoms with E-state index in [-0.39, 0.29) is 39.0 Å². The first-order chi connectivity index (χ1) is 14.2. The van der Waals surface area contributed by atoms with Gasteiger partial charge in [0.25, 0.3) is 0 Å². The van der Waals surface area contributed by atoms with E-state index in [1.54, 1.807) is 41.5 Å². The Morgan fingerprint density at radius 1 is 0.613 bits per heavy atom. The summed E-state index contributed by atoms with van der Waals surface area (Å²) in [5, 5.41) is 0. The maximum Gasteiger partial charge on any atom is 0.410 e. The SMILES string of the molecule is COC(=O)CCN(CCCN(CCC(=O)OC)C(=O)OC(C)(C)C)C(=O)OC(C)(C)C. The summed E-state index contributed by atoms with van der Waals surface area (Å²) in [6.45, 7) is 11.2. The van der Waals surface area contributed by atoms with E-state index in [1.807, 2.05) is 0 Å². The van der Waals surface area contributed by atoms with Crippen molar-refractivity contribution in [2.45, 2.75) is 72.0 Å². The summed E-state index contributed by atoms with van der Waals surface area (Å²) in [5.41, 5.74) is -1.38. The number of ether oxygens (including phenoxy) is 4. The van der Waals surface area contributed by atoms with Crippen LogP contribution < -0.4 is 0 Å². The minimum atomic E-state index is -0.691. The lowest BCUT2D eigenvalue weighted by Crippen LogP contribution is -2.42. The molecule has 0 aliphatic rings. The molecule has 0 aromatic rings. The number of carbonyl (C=O) groups excluding carboxylic acids is 4. The van der Waals surface area contributed by atoms with Crippen molar-refractivity contribution in [2.24, 2.45) is 0 Å². The molecule has 0 aromatic carbocycles. The molecular weight excluding hydrogens is 408 g/mol. The zero-order chi connectivity index (χ0) is 24.2. The highest BCUT2D eigenvalue weighted by molar-refractivity contribution is 5.72. The van der Waals surface area contributed by atoms with Gasteiger partial charge in [0.1, 0.15) is 11.2 Å². The van der Waals surface area contributed by atoms with Crippen LogP contribution in [0.15, 0.2) is 0 Å². The molecule has 10 heteroatoms. The highest BCUT2D eigenvalue weighted by Crippen LogP contribution is 2.13. The van der Waals surface area contributed by atoms with Gasteiger partial charge in [-0.05, 0) is 48.0 Å². The average molecular weight is 447 g/mol. The maximum absolute atomic E-state index is 12.5. The number of esters is 2. The van der Waals surface area contributed by atoms with Gasteiger partial charge in [0.05, 0.1) is 27.1 Å². The van der Waals surface area contributed by atoms with Crippen molar-refractivity contribution < 1.29 is 38.1 Å². The zero-order valence-corrected chi connectivity index (χ0v) is 20.1. The van der Waals surface area contributed by atoms with Gasteiger partial charge in [-0.25, -0.2) is 9.59 Å². The number of carbonyl (C=O) groups is 4. The van der Waals surface area contributed by atoms with Crippen LogP contribution in [0.5, 0.6) is 0 Å². The number of methoxy groups -OCH3 is 2. The Morgan fingerprint density at radius 2 is 0.935 bits per heavy atom. The Morgan fingerprint density at radius 3 is 1.19 bits per heavy atom. The molecule has 0 unspecified atom stereocenters. The van der Waals surface area contributed by atoms with Gasteiger partial charge in [-0.15, -0.1) is 0 Å². The normalized spacial score (nSPS) is 11.4. The van der Waals surface area contributed by atoms with E-state index in [4.69, 9.17) is 9.47 Å². The van der Waals surface area contributed by atoms with Gasteiger partial charge in [0, 0.05) is 26.2 Å². The van der Waals surface area contributed by atoms with E-state index in [0.29, 0.717) is 6.42 Å². The van der Waals surface area contributed by atoms with Gasteiger partial charge in [-0.3, -0.25) is 9.59 Å². The average Bonchev–Trinajstić information content (AvgIpc) is 2.62. The second-order valence-corrected chi connectivity index (χ2v) is 8.94. The van der Waals surface area contributed by atoms with Crippen LogP contribution in [-0.4, -0.2) is 85.5 Å². The van der Waals surface area contributed by atoms with Gasteiger partial charge in [-0.1, -0.05) is 0 Å². The standard InChI is InChI=1S/C21H38N2O8/c1-20(2,3)30-18(26)22(14-10-16(24)28-7)12-9-13-23(15-11-17(25)29-8)19(27)31-21(4,5)6/h9-15H2,1-8H3. The molecular formula is C21H38N2O8. The first-order valence-electron chi connectivity index (χ1n) is 10.3. The number of rotatable bonds is 10. The van der Waals surface area contributed by atoms with Crippen molar-refractivity contribution in [3.05, 3.63) is 0 Å². The Hall–Kier alpha value is -2.52. The molecule has 0 spiro atoms. The third kappa shape index (κ3) is 14.2. The van der Waals surface area contributed by atoms with E-state index in [2.05, 4.69) is 9.47 Å². The van der Waals surface area contributed by atoms with Crippen molar-refractivity contribution in [3.63, 3.8) is 0 Å². The van der Waals surface area contributed by atoms with Crippen LogP contribution in [0.25, 0.3) is 0 Å². The molecule has 0 radical (unpaired) electrons. The third-order valence-corrected chi connectivity index (χ3v) is 3.79. The lowest BCUT2D eigenvalue weighted by Gasteiger charge is -2.29. The molecule has 0 heterocycles. The molecule has 0 bridgehead atoms. The van der Waals surface area contributed by atoms with Gasteiger partial charge in [0.15, 0.2) is 0 Å². The molecule has 0 fully saturated rings. The van der Waals surface area contributed by atoms with E-state index in [9.17, 15) is 19.2 Å². The Kier molecular flexibility index (Phi) is 12.0. The number of hydrogen-bond acceptors (Lipinski definition) is 8. The molecule has 0 saturated carbocycles. The van der Waals surface area contributed by atoms with Gasteiger partial charge in [-0.2, -0.15) is 0 Å². The summed E-state index contributed by atoms with van der Waals surface area (Å²) in [4.78, 5) is 50.8. The minimum absolute atomic E-state index is 0.0217. The highest BCUT2D eigenvalue weighted by atomic mass is 16.6. The predicted octanol–water partition coefficient (Wildman–Crippen LogP) is 2.98. The van der Waals surface area contributed by atoms with Gasteiger partial charge >= 0.3 is 24.1 Å². The number of nitrogens with zero attached hydrogens (tertiary/aromatic N) is 2. The minimum Gasteiger partial charge on any atom is -0.469 e. The first-order valence-corrected chi connectivity index (χ1v) is 10.3. The molecule has 180 valence electrons. The van der Waals surface area contributed by atoms with Crippen LogP contribution >= 0.6 is 0 Å². The van der Waals surface area contributed by atoms with Crippen molar-refractivity contribution in [1.82, 2.24) is 9.80 Å². The largest absolute Gasteiger partial charge is 0.469 e. The summed E-state index contributed by atoms with van der Waals surface area (Å²) < 4.78 is 20.1. The topological polar surface area (TPSA) is 112 Å². The molecule has 0 rings (SSSR count). The van der Waals surface area contributed by atoms with Crippen molar-refractivity contribution >= 4 is 24.1 Å². The van der Waals surface area contributed by atoms with Crippen LogP contribution in [0.2, 0.25) is 0 Å². The molecule has 0 N–H and O–H groups in total. The zero-order valence-electron chi connectivity index (χ0n) is 20.1. The van der Waals surface area contributed by atoms with Crippen LogP contribution in [-0.2, 0) is 28.5 Å². The molecule has 0 saturated heterocycles. The molecule has 0 aliphatic carbocycles. The summed E-state index contributed by atoms with van der Waals surface area (Å²) in [6.07, 6.45) is -0.688. The molecule has 0 aliphatic heterocycles. The Bertz CT molecular complexity index is 555. The quantitative estimate of drug-likeness (QED) is 0.372. The molecule has 31 heavy (non-hydrogen) atoms. The molecule has 0 atom stereocenters. The first kappa shape index (κ1) is 28.5. The predicted molar refractivity (Wildman–Crippen MR) is 113 cm³/mol. The van der Waals surface area contributed by atoms with E-state index >= 15 is 0 Å². The Balaban J connectivity index is 5.10. The second kappa shape index (κ2) is 13.0. The van der Waals surface area contributed by atoms with E-state index in [1.165, 1.54) is 24.0 Å². The van der Waals surface area contributed by atoms with Crippen molar-refractivity contribution in [2.75, 3.05) is 40.4 Å². The van der Waals surface area contributed by atoms with Crippen LogP contribution in [0, 0.1) is 0 Å². The van der Waals surface area contributed by atoms with Crippen LogP contribution in [0.4, 0.5) is 9.59 Å². The number of hydrogen-bond donors (Lipinski definition) is 0. The molecule has 2 amide bonds. The second-order valence-electron chi connectivity index (χ2n) is 8.94. The maximum atomic E-state index is 12.5. The van der Waals surface area contributed by atoms with E-state index < -0.39 is 35.3 Å². The van der Waals surface area contributed by atoms with Crippen LogP contribution in [0.3, 0.4) is 0 Å². The summed E-state index contributed by atoms with van der Waals surface area (Å²) in [6, 6.07) is 0. The van der Waals surface area contributed by atoms with Gasteiger partial charge < -0.3 is 28.7 Å². The van der Waals surface area contributed by atoms with Crippen molar-refractivity contribution in [3.8, 4) is 0 Å². The third-order valence-electron chi connectivity index (χ3n) is 3.79. The lowest BCUT2D eigenvalue weighted by atomic mass is 10.2. The van der Waals surface area contributed by atoms with Crippen LogP contribution in [0.1, 0.15) is 60.8 Å². The summed E-state index contributed by atoms with van der Waals surface area (Å²) in [5.74, 6) is -0.885. The summed E-state index contributed by atoms with van der Waals surface area (Å²) in [7, 11) is 2.56. The fourth-order valence-corrected chi connectivity index (χ4v) is 2.35. The van der Waals surface area contributed by atoms with Gasteiger partial charge in [0.2, 0.25) is 0 Å². The summed E-state index contributed by atoms with van der Waals surface area (Å²) >= 11 is 0. The number of amides is 2. The highest BCUT2D eigenvalue weighted by Gasteiger charge is 2.25. The fraction of sp³-hybridized carbons (Fsp3) is 0.810.